The Kier molecular flexibility index (Phi) is 7.48. The molecule has 0 saturated carbocycles. The van der Waals surface area contributed by atoms with E-state index < -0.39 is 19.9 Å². The van der Waals surface area contributed by atoms with Gasteiger partial charge in [0.25, 0.3) is 0 Å². The van der Waals surface area contributed by atoms with Crippen molar-refractivity contribution in [3.05, 3.63) is 29.8 Å². The highest BCUT2D eigenvalue weighted by Crippen LogP contribution is 2.39. The number of amides is 1. The van der Waals surface area contributed by atoms with Gasteiger partial charge in [-0.1, -0.05) is 20.8 Å². The molecule has 8 heteroatoms. The van der Waals surface area contributed by atoms with Crippen LogP contribution >= 0.6 is 0 Å². The Bertz CT molecular complexity index is 779. The van der Waals surface area contributed by atoms with Crippen LogP contribution in [0.1, 0.15) is 51.9 Å². The SMILES string of the molecule is COC(=O)c1ccc(O[C@H]2CN(C(=O)OC(C)(C)C)C[C@H]2O[Si](C)(C)C(C)(C)C)cc1. The van der Waals surface area contributed by atoms with Crippen molar-refractivity contribution >= 4 is 20.4 Å². The van der Waals surface area contributed by atoms with Gasteiger partial charge in [0.05, 0.1) is 25.8 Å². The van der Waals surface area contributed by atoms with Crippen molar-refractivity contribution in [1.82, 2.24) is 4.90 Å². The highest BCUT2D eigenvalue weighted by Gasteiger charge is 2.46. The monoisotopic (exact) mass is 451 g/mol. The van der Waals surface area contributed by atoms with Gasteiger partial charge in [0.2, 0.25) is 0 Å². The standard InChI is InChI=1S/C23H37NO6Si/c1-22(2,3)29-21(26)24-14-18(19(15-24)30-31(8,9)23(4,5)6)28-17-12-10-16(11-13-17)20(25)27-7/h10-13,18-19H,14-15H2,1-9H3/t18-,19+/m0/s1. The Morgan fingerprint density at radius 1 is 0.968 bits per heavy atom. The van der Waals surface area contributed by atoms with E-state index in [1.807, 2.05) is 20.8 Å². The second-order valence-corrected chi connectivity index (χ2v) is 15.2. The maximum atomic E-state index is 12.7. The average molecular weight is 452 g/mol. The van der Waals surface area contributed by atoms with Crippen LogP contribution in [0.5, 0.6) is 5.75 Å². The van der Waals surface area contributed by atoms with Crippen LogP contribution in [0.3, 0.4) is 0 Å². The third-order valence-corrected chi connectivity index (χ3v) is 10.2. The molecular formula is C23H37NO6Si. The minimum atomic E-state index is -2.09. The van der Waals surface area contributed by atoms with Crippen molar-refractivity contribution < 1.29 is 28.2 Å². The third kappa shape index (κ3) is 6.71. The zero-order valence-electron chi connectivity index (χ0n) is 20.3. The second kappa shape index (κ2) is 9.20. The van der Waals surface area contributed by atoms with Crippen molar-refractivity contribution in [3.63, 3.8) is 0 Å². The Morgan fingerprint density at radius 3 is 2.00 bits per heavy atom. The molecule has 31 heavy (non-hydrogen) atoms. The van der Waals surface area contributed by atoms with E-state index in [9.17, 15) is 9.59 Å². The number of ether oxygens (including phenoxy) is 3. The van der Waals surface area contributed by atoms with Crippen LogP contribution in [0, 0.1) is 0 Å². The quantitative estimate of drug-likeness (QED) is 0.470. The fourth-order valence-electron chi connectivity index (χ4n) is 2.96. The van der Waals surface area contributed by atoms with Crippen molar-refractivity contribution in [2.24, 2.45) is 0 Å². The lowest BCUT2D eigenvalue weighted by molar-refractivity contribution is 0.0269. The molecule has 0 radical (unpaired) electrons. The Balaban J connectivity index is 2.21. The van der Waals surface area contributed by atoms with Gasteiger partial charge < -0.3 is 23.5 Å². The number of benzene rings is 1. The number of hydrogen-bond acceptors (Lipinski definition) is 6. The van der Waals surface area contributed by atoms with Crippen LogP contribution in [0.2, 0.25) is 18.1 Å². The summed E-state index contributed by atoms with van der Waals surface area (Å²) in [5, 5.41) is 0.0268. The lowest BCUT2D eigenvalue weighted by Crippen LogP contribution is -2.48. The number of likely N-dealkylation sites (tertiary alicyclic amines) is 1. The first-order chi connectivity index (χ1) is 14.1. The molecule has 1 saturated heterocycles. The van der Waals surface area contributed by atoms with E-state index in [2.05, 4.69) is 33.9 Å². The van der Waals surface area contributed by atoms with Crippen molar-refractivity contribution in [3.8, 4) is 5.75 Å². The number of hydrogen-bond donors (Lipinski definition) is 0. The Morgan fingerprint density at radius 2 is 1.52 bits per heavy atom. The summed E-state index contributed by atoms with van der Waals surface area (Å²) in [5.41, 5.74) is -0.124. The molecule has 0 N–H and O–H groups in total. The van der Waals surface area contributed by atoms with Crippen molar-refractivity contribution in [2.75, 3.05) is 20.2 Å². The van der Waals surface area contributed by atoms with Gasteiger partial charge in [0, 0.05) is 0 Å². The van der Waals surface area contributed by atoms with E-state index in [-0.39, 0.29) is 23.3 Å². The predicted octanol–water partition coefficient (Wildman–Crippen LogP) is 4.86. The van der Waals surface area contributed by atoms with E-state index in [1.165, 1.54) is 7.11 Å². The number of methoxy groups -OCH3 is 1. The summed E-state index contributed by atoms with van der Waals surface area (Å²) in [6.45, 7) is 17.2. The third-order valence-electron chi connectivity index (χ3n) is 5.68. The highest BCUT2D eigenvalue weighted by atomic mass is 28.4. The smallest absolute Gasteiger partial charge is 0.410 e. The molecule has 0 aromatic heterocycles. The Labute approximate surface area is 187 Å². The summed E-state index contributed by atoms with van der Waals surface area (Å²) in [5.74, 6) is 0.204. The van der Waals surface area contributed by atoms with Crippen LogP contribution in [-0.2, 0) is 13.9 Å². The van der Waals surface area contributed by atoms with Crippen LogP contribution in [0.4, 0.5) is 4.79 Å². The minimum Gasteiger partial charge on any atom is -0.486 e. The van der Waals surface area contributed by atoms with Gasteiger partial charge in [0.15, 0.2) is 8.32 Å². The van der Waals surface area contributed by atoms with E-state index in [4.69, 9.17) is 18.6 Å². The number of rotatable bonds is 5. The summed E-state index contributed by atoms with van der Waals surface area (Å²) < 4.78 is 23.1. The molecule has 0 bridgehead atoms. The zero-order chi connectivity index (χ0) is 23.6. The normalized spacial score (nSPS) is 19.8. The number of esters is 1. The molecule has 0 unspecified atom stereocenters. The van der Waals surface area contributed by atoms with E-state index in [0.29, 0.717) is 24.4 Å². The van der Waals surface area contributed by atoms with Crippen LogP contribution in [-0.4, -0.2) is 63.3 Å². The number of carbonyl (C=O) groups excluding carboxylic acids is 2. The average Bonchev–Trinajstić information content (AvgIpc) is 3.01. The highest BCUT2D eigenvalue weighted by molar-refractivity contribution is 6.74. The molecule has 7 nitrogen and oxygen atoms in total. The second-order valence-electron chi connectivity index (χ2n) is 10.5. The van der Waals surface area contributed by atoms with Gasteiger partial charge in [-0.25, -0.2) is 9.59 Å². The molecule has 174 valence electrons. The largest absolute Gasteiger partial charge is 0.486 e. The maximum Gasteiger partial charge on any atom is 0.410 e. The molecule has 0 aliphatic carbocycles. The van der Waals surface area contributed by atoms with E-state index >= 15 is 0 Å². The van der Waals surface area contributed by atoms with Gasteiger partial charge in [-0.2, -0.15) is 0 Å². The van der Waals surface area contributed by atoms with Crippen LogP contribution < -0.4 is 4.74 Å². The van der Waals surface area contributed by atoms with Crippen molar-refractivity contribution in [2.45, 2.75) is 77.5 Å². The first-order valence-electron chi connectivity index (χ1n) is 10.6. The van der Waals surface area contributed by atoms with Gasteiger partial charge in [0.1, 0.15) is 23.6 Å². The molecule has 1 aromatic carbocycles. The fourth-order valence-corrected chi connectivity index (χ4v) is 4.30. The lowest BCUT2D eigenvalue weighted by atomic mass is 10.2. The molecule has 1 amide bonds. The first-order valence-corrected chi connectivity index (χ1v) is 13.5. The predicted molar refractivity (Wildman–Crippen MR) is 122 cm³/mol. The van der Waals surface area contributed by atoms with E-state index in [0.717, 1.165) is 0 Å². The summed E-state index contributed by atoms with van der Waals surface area (Å²) >= 11 is 0. The molecule has 1 aliphatic heterocycles. The molecule has 1 heterocycles. The molecule has 0 spiro atoms. The Hall–Kier alpha value is -2.06. The van der Waals surface area contributed by atoms with Gasteiger partial charge in [-0.05, 0) is 63.2 Å². The van der Waals surface area contributed by atoms with Gasteiger partial charge in [-0.3, -0.25) is 0 Å². The molecular weight excluding hydrogens is 414 g/mol. The van der Waals surface area contributed by atoms with Gasteiger partial charge in [-0.15, -0.1) is 0 Å². The summed E-state index contributed by atoms with van der Waals surface area (Å²) in [6, 6.07) is 6.77. The molecule has 1 aliphatic rings. The topological polar surface area (TPSA) is 74.3 Å². The minimum absolute atomic E-state index is 0.0268. The van der Waals surface area contributed by atoms with E-state index in [1.54, 1.807) is 29.2 Å². The van der Waals surface area contributed by atoms with Crippen LogP contribution in [0.25, 0.3) is 0 Å². The molecule has 1 aromatic rings. The summed E-state index contributed by atoms with van der Waals surface area (Å²) in [4.78, 5) is 26.0. The lowest BCUT2D eigenvalue weighted by Gasteiger charge is -2.39. The maximum absolute atomic E-state index is 12.7. The van der Waals surface area contributed by atoms with Crippen molar-refractivity contribution in [1.29, 1.82) is 0 Å². The zero-order valence-corrected chi connectivity index (χ0v) is 21.3. The molecule has 2 atom stereocenters. The first kappa shape index (κ1) is 25.2. The summed E-state index contributed by atoms with van der Waals surface area (Å²) in [7, 11) is -0.742. The van der Waals surface area contributed by atoms with Gasteiger partial charge >= 0.3 is 12.1 Å². The summed E-state index contributed by atoms with van der Waals surface area (Å²) in [6.07, 6.45) is -0.984. The number of carbonyl (C=O) groups is 2. The number of nitrogens with zero attached hydrogens (tertiary/aromatic N) is 1. The van der Waals surface area contributed by atoms with Crippen LogP contribution in [0.15, 0.2) is 24.3 Å². The fraction of sp³-hybridized carbons (Fsp3) is 0.652. The molecule has 1 fully saturated rings. The molecule has 2 rings (SSSR count).